The zero-order chi connectivity index (χ0) is 17.0. The van der Waals surface area contributed by atoms with Gasteiger partial charge in [-0.1, -0.05) is 15.9 Å². The van der Waals surface area contributed by atoms with Crippen LogP contribution in [0.5, 0.6) is 5.75 Å². The first-order valence-corrected chi connectivity index (χ1v) is 8.56. The van der Waals surface area contributed by atoms with E-state index in [1.165, 1.54) is 7.11 Å². The third-order valence-electron chi connectivity index (χ3n) is 4.61. The van der Waals surface area contributed by atoms with E-state index in [9.17, 15) is 10.1 Å². The predicted molar refractivity (Wildman–Crippen MR) is 91.9 cm³/mol. The number of nitro groups is 1. The van der Waals surface area contributed by atoms with Crippen molar-refractivity contribution in [1.82, 2.24) is 0 Å². The summed E-state index contributed by atoms with van der Waals surface area (Å²) >= 11 is 3.49. The molecule has 2 atom stereocenters. The van der Waals surface area contributed by atoms with Crippen LogP contribution in [-0.2, 0) is 17.6 Å². The summed E-state index contributed by atoms with van der Waals surface area (Å²) in [6.07, 6.45) is 4.29. The fourth-order valence-corrected chi connectivity index (χ4v) is 3.98. The number of benzene rings is 1. The van der Waals surface area contributed by atoms with Crippen molar-refractivity contribution < 1.29 is 14.4 Å². The number of nitro benzene ring substituents is 1. The third kappa shape index (κ3) is 4.02. The lowest BCUT2D eigenvalue weighted by Crippen LogP contribution is -2.31. The predicted octanol–water partition coefficient (Wildman–Crippen LogP) is 3.22. The Morgan fingerprint density at radius 1 is 1.39 bits per heavy atom. The van der Waals surface area contributed by atoms with E-state index in [2.05, 4.69) is 15.9 Å². The van der Waals surface area contributed by atoms with Crippen molar-refractivity contribution >= 4 is 21.6 Å². The molecule has 1 aromatic rings. The molecule has 23 heavy (non-hydrogen) atoms. The Labute approximate surface area is 144 Å². The first-order chi connectivity index (χ1) is 11.0. The number of nitrogens with two attached hydrogens (primary N) is 1. The van der Waals surface area contributed by atoms with Crippen molar-refractivity contribution in [1.29, 1.82) is 0 Å². The summed E-state index contributed by atoms with van der Waals surface area (Å²) < 4.78 is 11.3. The van der Waals surface area contributed by atoms with Crippen molar-refractivity contribution in [3.8, 4) is 5.75 Å². The minimum atomic E-state index is -0.392. The fraction of sp³-hybridized carbons (Fsp3) is 0.625. The lowest BCUT2D eigenvalue weighted by atomic mass is 9.90. The van der Waals surface area contributed by atoms with Crippen LogP contribution in [0.3, 0.4) is 0 Å². The summed E-state index contributed by atoms with van der Waals surface area (Å²) in [5.41, 5.74) is 8.35. The Morgan fingerprint density at radius 3 is 2.61 bits per heavy atom. The van der Waals surface area contributed by atoms with Gasteiger partial charge in [0.2, 0.25) is 0 Å². The highest BCUT2D eigenvalue weighted by molar-refractivity contribution is 9.10. The maximum atomic E-state index is 11.3. The minimum Gasteiger partial charge on any atom is -0.490 e. The fourth-order valence-electron chi connectivity index (χ4n) is 3.33. The topological polar surface area (TPSA) is 87.6 Å². The number of fused-ring (bicyclic) bond motifs is 1. The van der Waals surface area contributed by atoms with Crippen molar-refractivity contribution in [3.63, 3.8) is 0 Å². The summed E-state index contributed by atoms with van der Waals surface area (Å²) in [6, 6.07) is 1.63. The van der Waals surface area contributed by atoms with Crippen LogP contribution in [0, 0.1) is 16.0 Å². The van der Waals surface area contributed by atoms with Gasteiger partial charge in [0.1, 0.15) is 0 Å². The van der Waals surface area contributed by atoms with E-state index in [0.717, 1.165) is 47.7 Å². The van der Waals surface area contributed by atoms with Crippen molar-refractivity contribution in [2.75, 3.05) is 20.8 Å². The lowest BCUT2D eigenvalue weighted by Gasteiger charge is -2.21. The van der Waals surface area contributed by atoms with Crippen molar-refractivity contribution in [3.05, 3.63) is 31.8 Å². The van der Waals surface area contributed by atoms with Crippen LogP contribution >= 0.6 is 15.9 Å². The molecule has 2 N–H and O–H groups in total. The van der Waals surface area contributed by atoms with Crippen LogP contribution in [0.15, 0.2) is 10.5 Å². The molecular weight excluding hydrogens is 364 g/mol. The first kappa shape index (κ1) is 18.2. The SMILES string of the molecule is COCCC(N)C1CCc2c(Br)cc([N+](=O)[O-])c(OC)c2CC1. The number of hydrogen-bond acceptors (Lipinski definition) is 5. The molecule has 1 aliphatic rings. The average molecular weight is 387 g/mol. The van der Waals surface area contributed by atoms with E-state index in [4.69, 9.17) is 15.2 Å². The summed E-state index contributed by atoms with van der Waals surface area (Å²) in [7, 11) is 3.17. The third-order valence-corrected chi connectivity index (χ3v) is 5.32. The molecule has 0 spiro atoms. The van der Waals surface area contributed by atoms with Crippen LogP contribution in [0.1, 0.15) is 30.4 Å². The van der Waals surface area contributed by atoms with E-state index >= 15 is 0 Å². The molecule has 1 aromatic carbocycles. The van der Waals surface area contributed by atoms with Gasteiger partial charge in [-0.15, -0.1) is 0 Å². The van der Waals surface area contributed by atoms with E-state index in [1.54, 1.807) is 13.2 Å². The molecule has 0 aromatic heterocycles. The van der Waals surface area contributed by atoms with Crippen LogP contribution < -0.4 is 10.5 Å². The van der Waals surface area contributed by atoms with E-state index in [1.807, 2.05) is 0 Å². The second-order valence-corrected chi connectivity index (χ2v) is 6.76. The summed E-state index contributed by atoms with van der Waals surface area (Å²) in [4.78, 5) is 10.9. The van der Waals surface area contributed by atoms with Crippen molar-refractivity contribution in [2.45, 2.75) is 38.1 Å². The Kier molecular flexibility index (Phi) is 6.38. The number of nitrogens with zero attached hydrogens (tertiary/aromatic N) is 1. The highest BCUT2D eigenvalue weighted by Crippen LogP contribution is 2.42. The van der Waals surface area contributed by atoms with Gasteiger partial charge in [-0.25, -0.2) is 0 Å². The normalized spacial score (nSPS) is 18.9. The quantitative estimate of drug-likeness (QED) is 0.460. The molecule has 0 heterocycles. The molecule has 0 aliphatic heterocycles. The van der Waals surface area contributed by atoms with Gasteiger partial charge in [0.15, 0.2) is 5.75 Å². The van der Waals surface area contributed by atoms with Gasteiger partial charge in [-0.3, -0.25) is 10.1 Å². The molecule has 128 valence electrons. The van der Waals surface area contributed by atoms with Gasteiger partial charge in [0.05, 0.1) is 12.0 Å². The van der Waals surface area contributed by atoms with Crippen LogP contribution in [0.2, 0.25) is 0 Å². The Morgan fingerprint density at radius 2 is 2.04 bits per heavy atom. The molecule has 6 nitrogen and oxygen atoms in total. The number of hydrogen-bond donors (Lipinski definition) is 1. The molecule has 0 radical (unpaired) electrons. The largest absolute Gasteiger partial charge is 0.490 e. The Hall–Kier alpha value is -1.18. The molecular formula is C16H23BrN2O4. The van der Waals surface area contributed by atoms with Gasteiger partial charge < -0.3 is 15.2 Å². The standard InChI is InChI=1S/C16H23BrN2O4/c1-22-8-7-14(18)10-3-5-11-12(6-4-10)16(23-2)15(19(20)21)9-13(11)17/h9-10,14H,3-8,18H2,1-2H3. The minimum absolute atomic E-state index is 0.0141. The van der Waals surface area contributed by atoms with Crippen LogP contribution in [0.25, 0.3) is 0 Å². The second kappa shape index (κ2) is 8.08. The molecule has 0 saturated carbocycles. The zero-order valence-corrected chi connectivity index (χ0v) is 15.1. The number of halogens is 1. The second-order valence-electron chi connectivity index (χ2n) is 5.91. The lowest BCUT2D eigenvalue weighted by molar-refractivity contribution is -0.385. The maximum Gasteiger partial charge on any atom is 0.312 e. The molecule has 1 aliphatic carbocycles. The molecule has 0 bridgehead atoms. The summed E-state index contributed by atoms with van der Waals surface area (Å²) in [6.45, 7) is 0.656. The Bertz CT molecular complexity index is 580. The molecule has 0 fully saturated rings. The number of rotatable bonds is 6. The highest BCUT2D eigenvalue weighted by atomic mass is 79.9. The van der Waals surface area contributed by atoms with Crippen molar-refractivity contribution in [2.24, 2.45) is 11.7 Å². The van der Waals surface area contributed by atoms with Crippen LogP contribution in [0.4, 0.5) is 5.69 Å². The monoisotopic (exact) mass is 386 g/mol. The first-order valence-electron chi connectivity index (χ1n) is 7.76. The van der Waals surface area contributed by atoms with Gasteiger partial charge in [0.25, 0.3) is 0 Å². The zero-order valence-electron chi connectivity index (χ0n) is 13.5. The van der Waals surface area contributed by atoms with E-state index < -0.39 is 4.92 Å². The number of ether oxygens (including phenoxy) is 2. The molecule has 7 heteroatoms. The molecule has 0 saturated heterocycles. The van der Waals surface area contributed by atoms with Gasteiger partial charge in [-0.2, -0.15) is 0 Å². The average Bonchev–Trinajstić information content (AvgIpc) is 2.76. The van der Waals surface area contributed by atoms with Gasteiger partial charge >= 0.3 is 5.69 Å². The van der Waals surface area contributed by atoms with Gasteiger partial charge in [-0.05, 0) is 43.6 Å². The summed E-state index contributed by atoms with van der Waals surface area (Å²) in [5.74, 6) is 0.771. The molecule has 0 amide bonds. The smallest absolute Gasteiger partial charge is 0.312 e. The number of methoxy groups -OCH3 is 2. The van der Waals surface area contributed by atoms with Gasteiger partial charge in [0, 0.05) is 35.9 Å². The maximum absolute atomic E-state index is 11.3. The molecule has 2 unspecified atom stereocenters. The van der Waals surface area contributed by atoms with E-state index in [-0.39, 0.29) is 11.7 Å². The van der Waals surface area contributed by atoms with Crippen LogP contribution in [-0.4, -0.2) is 31.8 Å². The molecule has 2 rings (SSSR count). The van der Waals surface area contributed by atoms with E-state index in [0.29, 0.717) is 18.3 Å². The highest BCUT2D eigenvalue weighted by Gasteiger charge is 2.29. The Balaban J connectivity index is 2.28. The summed E-state index contributed by atoms with van der Waals surface area (Å²) in [5, 5.41) is 11.3.